The standard InChI is InChI=1S/C14H20N4O2.HI/c1-18(11-4-5-11)14(15)17-9-8-16-13(20)10-2-6-12(19)7-3-10;/h2-3,6-7,11,19H,4-5,8-9H2,1H3,(H2,15,17)(H,16,20);1H. The number of nitrogens with one attached hydrogen (secondary N) is 1. The molecule has 1 amide bonds. The fourth-order valence-electron chi connectivity index (χ4n) is 1.82. The van der Waals surface area contributed by atoms with Gasteiger partial charge in [0.1, 0.15) is 5.75 Å². The summed E-state index contributed by atoms with van der Waals surface area (Å²) < 4.78 is 0. The highest BCUT2D eigenvalue weighted by molar-refractivity contribution is 14.0. The molecule has 1 aromatic rings. The number of phenolic OH excluding ortho intramolecular Hbond substituents is 1. The molecule has 116 valence electrons. The molecule has 0 saturated heterocycles. The Hall–Kier alpha value is -1.51. The maximum atomic E-state index is 11.8. The number of hydrogen-bond donors (Lipinski definition) is 3. The van der Waals surface area contributed by atoms with Gasteiger partial charge in [0.2, 0.25) is 0 Å². The SMILES string of the molecule is CN(C(N)=NCCNC(=O)c1ccc(O)cc1)C1CC1.I. The van der Waals surface area contributed by atoms with E-state index in [1.807, 2.05) is 11.9 Å². The first-order valence-corrected chi connectivity index (χ1v) is 6.68. The van der Waals surface area contributed by atoms with Gasteiger partial charge in [-0.25, -0.2) is 0 Å². The first-order valence-electron chi connectivity index (χ1n) is 6.68. The third kappa shape index (κ3) is 5.41. The molecule has 6 nitrogen and oxygen atoms in total. The second-order valence-electron chi connectivity index (χ2n) is 4.88. The van der Waals surface area contributed by atoms with Crippen molar-refractivity contribution in [3.63, 3.8) is 0 Å². The van der Waals surface area contributed by atoms with Gasteiger partial charge in [0.05, 0.1) is 6.54 Å². The molecule has 0 atom stereocenters. The second kappa shape index (κ2) is 8.06. The minimum absolute atomic E-state index is 0. The highest BCUT2D eigenvalue weighted by Gasteiger charge is 2.27. The zero-order chi connectivity index (χ0) is 14.5. The maximum Gasteiger partial charge on any atom is 0.251 e. The van der Waals surface area contributed by atoms with Crippen molar-refractivity contribution in [2.45, 2.75) is 18.9 Å². The number of halogens is 1. The van der Waals surface area contributed by atoms with E-state index in [4.69, 9.17) is 10.8 Å². The summed E-state index contributed by atoms with van der Waals surface area (Å²) >= 11 is 0. The lowest BCUT2D eigenvalue weighted by Gasteiger charge is -2.16. The van der Waals surface area contributed by atoms with Gasteiger partial charge >= 0.3 is 0 Å². The first-order chi connectivity index (χ1) is 9.58. The second-order valence-corrected chi connectivity index (χ2v) is 4.88. The van der Waals surface area contributed by atoms with Gasteiger partial charge in [0.15, 0.2) is 5.96 Å². The fraction of sp³-hybridized carbons (Fsp3) is 0.429. The summed E-state index contributed by atoms with van der Waals surface area (Å²) in [5, 5.41) is 11.9. The number of nitrogens with zero attached hydrogens (tertiary/aromatic N) is 2. The van der Waals surface area contributed by atoms with Crippen LogP contribution >= 0.6 is 24.0 Å². The highest BCUT2D eigenvalue weighted by Crippen LogP contribution is 2.24. The Kier molecular flexibility index (Phi) is 6.73. The third-order valence-electron chi connectivity index (χ3n) is 3.26. The Morgan fingerprint density at radius 1 is 1.43 bits per heavy atom. The van der Waals surface area contributed by atoms with Crippen molar-refractivity contribution in [3.8, 4) is 5.75 Å². The molecule has 0 radical (unpaired) electrons. The van der Waals surface area contributed by atoms with Crippen LogP contribution in [0.2, 0.25) is 0 Å². The molecule has 0 unspecified atom stereocenters. The quantitative estimate of drug-likeness (QED) is 0.297. The predicted molar refractivity (Wildman–Crippen MR) is 93.1 cm³/mol. The van der Waals surface area contributed by atoms with E-state index in [-0.39, 0.29) is 35.6 Å². The zero-order valence-corrected chi connectivity index (χ0v) is 14.3. The number of benzene rings is 1. The molecular weight excluding hydrogens is 383 g/mol. The van der Waals surface area contributed by atoms with E-state index in [9.17, 15) is 4.79 Å². The summed E-state index contributed by atoms with van der Waals surface area (Å²) in [7, 11) is 1.94. The van der Waals surface area contributed by atoms with Crippen molar-refractivity contribution in [1.82, 2.24) is 10.2 Å². The Bertz CT molecular complexity index is 500. The molecule has 4 N–H and O–H groups in total. The molecule has 0 aliphatic heterocycles. The molecule has 0 aromatic heterocycles. The number of carbonyl (C=O) groups is 1. The minimum Gasteiger partial charge on any atom is -0.508 e. The average Bonchev–Trinajstić information content (AvgIpc) is 3.27. The zero-order valence-electron chi connectivity index (χ0n) is 12.0. The Morgan fingerprint density at radius 3 is 2.62 bits per heavy atom. The van der Waals surface area contributed by atoms with Crippen molar-refractivity contribution < 1.29 is 9.90 Å². The number of hydrogen-bond acceptors (Lipinski definition) is 3. The largest absolute Gasteiger partial charge is 0.508 e. The molecule has 7 heteroatoms. The van der Waals surface area contributed by atoms with Crippen LogP contribution in [0.1, 0.15) is 23.2 Å². The van der Waals surface area contributed by atoms with E-state index in [1.54, 1.807) is 12.1 Å². The summed E-state index contributed by atoms with van der Waals surface area (Å²) in [4.78, 5) is 18.0. The minimum atomic E-state index is -0.186. The van der Waals surface area contributed by atoms with Gasteiger partial charge in [0, 0.05) is 25.2 Å². The van der Waals surface area contributed by atoms with Crippen LogP contribution in [-0.2, 0) is 0 Å². The Balaban J connectivity index is 0.00000220. The Labute approximate surface area is 141 Å². The van der Waals surface area contributed by atoms with Crippen LogP contribution < -0.4 is 11.1 Å². The van der Waals surface area contributed by atoms with Crippen LogP contribution in [0.25, 0.3) is 0 Å². The van der Waals surface area contributed by atoms with Crippen molar-refractivity contribution in [3.05, 3.63) is 29.8 Å². The van der Waals surface area contributed by atoms with E-state index in [2.05, 4.69) is 10.3 Å². The lowest BCUT2D eigenvalue weighted by molar-refractivity contribution is 0.0955. The van der Waals surface area contributed by atoms with E-state index < -0.39 is 0 Å². The van der Waals surface area contributed by atoms with Gasteiger partial charge in [-0.15, -0.1) is 24.0 Å². The number of rotatable bonds is 5. The molecular formula is C14H21IN4O2. The predicted octanol–water partition coefficient (Wildman–Crippen LogP) is 1.15. The van der Waals surface area contributed by atoms with E-state index in [0.717, 1.165) is 0 Å². The molecule has 1 aliphatic carbocycles. The number of amides is 1. The van der Waals surface area contributed by atoms with Crippen molar-refractivity contribution in [2.24, 2.45) is 10.7 Å². The van der Waals surface area contributed by atoms with Crippen molar-refractivity contribution >= 4 is 35.8 Å². The number of nitrogens with two attached hydrogens (primary N) is 1. The topological polar surface area (TPSA) is 91.0 Å². The van der Waals surface area contributed by atoms with Crippen molar-refractivity contribution in [1.29, 1.82) is 0 Å². The van der Waals surface area contributed by atoms with Gasteiger partial charge in [-0.05, 0) is 37.1 Å². The van der Waals surface area contributed by atoms with Gasteiger partial charge in [0.25, 0.3) is 5.91 Å². The number of phenols is 1. The molecule has 1 fully saturated rings. The summed E-state index contributed by atoms with van der Waals surface area (Å²) in [6, 6.07) is 6.64. The van der Waals surface area contributed by atoms with E-state index in [0.29, 0.717) is 30.7 Å². The molecule has 0 heterocycles. The monoisotopic (exact) mass is 404 g/mol. The number of guanidine groups is 1. The molecule has 1 aliphatic rings. The summed E-state index contributed by atoms with van der Waals surface area (Å²) in [5.74, 6) is 0.475. The third-order valence-corrected chi connectivity index (χ3v) is 3.26. The maximum absolute atomic E-state index is 11.8. The molecule has 1 aromatic carbocycles. The summed E-state index contributed by atoms with van der Waals surface area (Å²) in [5.41, 5.74) is 6.35. The van der Waals surface area contributed by atoms with Gasteiger partial charge in [-0.2, -0.15) is 0 Å². The Morgan fingerprint density at radius 2 is 2.05 bits per heavy atom. The lowest BCUT2D eigenvalue weighted by atomic mass is 10.2. The molecule has 21 heavy (non-hydrogen) atoms. The summed E-state index contributed by atoms with van der Waals surface area (Å²) in [6.45, 7) is 0.881. The van der Waals surface area contributed by atoms with E-state index >= 15 is 0 Å². The average molecular weight is 404 g/mol. The summed E-state index contributed by atoms with van der Waals surface area (Å²) in [6.07, 6.45) is 2.34. The molecule has 1 saturated carbocycles. The smallest absolute Gasteiger partial charge is 0.251 e. The van der Waals surface area contributed by atoms with Crippen molar-refractivity contribution in [2.75, 3.05) is 20.1 Å². The van der Waals surface area contributed by atoms with Crippen LogP contribution in [0.3, 0.4) is 0 Å². The fourth-order valence-corrected chi connectivity index (χ4v) is 1.82. The first kappa shape index (κ1) is 17.5. The normalized spacial score (nSPS) is 14.2. The van der Waals surface area contributed by atoms with Crippen LogP contribution in [0, 0.1) is 0 Å². The van der Waals surface area contributed by atoms with Gasteiger partial charge in [-0.3, -0.25) is 9.79 Å². The lowest BCUT2D eigenvalue weighted by Crippen LogP contribution is -2.36. The molecule has 2 rings (SSSR count). The number of aromatic hydroxyl groups is 1. The van der Waals surface area contributed by atoms with Crippen LogP contribution in [0.5, 0.6) is 5.75 Å². The van der Waals surface area contributed by atoms with Crippen LogP contribution in [0.15, 0.2) is 29.3 Å². The number of aliphatic imine (C=N–C) groups is 1. The van der Waals surface area contributed by atoms with Gasteiger partial charge in [-0.1, -0.05) is 0 Å². The van der Waals surface area contributed by atoms with Crippen LogP contribution in [-0.4, -0.2) is 48.1 Å². The highest BCUT2D eigenvalue weighted by atomic mass is 127. The van der Waals surface area contributed by atoms with Gasteiger partial charge < -0.3 is 21.1 Å². The van der Waals surface area contributed by atoms with E-state index in [1.165, 1.54) is 25.0 Å². The molecule has 0 spiro atoms. The molecule has 0 bridgehead atoms. The number of carbonyl (C=O) groups excluding carboxylic acids is 1. The van der Waals surface area contributed by atoms with Crippen LogP contribution in [0.4, 0.5) is 0 Å².